The van der Waals surface area contributed by atoms with Gasteiger partial charge in [0, 0.05) is 17.6 Å². The van der Waals surface area contributed by atoms with Crippen molar-refractivity contribution >= 4 is 5.91 Å². The average Bonchev–Trinajstić information content (AvgIpc) is 2.32. The van der Waals surface area contributed by atoms with Crippen molar-refractivity contribution in [2.75, 3.05) is 13.7 Å². The SMILES string of the molecule is COc1ccccc1C1NC(C)(C)CNC1=O. The van der Waals surface area contributed by atoms with E-state index in [-0.39, 0.29) is 17.5 Å². The molecule has 2 N–H and O–H groups in total. The van der Waals surface area contributed by atoms with Gasteiger partial charge in [-0.05, 0) is 19.9 Å². The van der Waals surface area contributed by atoms with E-state index in [2.05, 4.69) is 24.5 Å². The first-order chi connectivity index (χ1) is 8.03. The summed E-state index contributed by atoms with van der Waals surface area (Å²) < 4.78 is 5.30. The number of hydrogen-bond donors (Lipinski definition) is 2. The molecule has 0 spiro atoms. The van der Waals surface area contributed by atoms with Crippen LogP contribution in [0.5, 0.6) is 5.75 Å². The number of piperazine rings is 1. The molecule has 0 aromatic heterocycles. The number of methoxy groups -OCH3 is 1. The third-order valence-electron chi connectivity index (χ3n) is 2.95. The Bertz CT molecular complexity index is 429. The highest BCUT2D eigenvalue weighted by Gasteiger charge is 2.34. The highest BCUT2D eigenvalue weighted by molar-refractivity contribution is 5.85. The molecule has 1 amide bonds. The van der Waals surface area contributed by atoms with Gasteiger partial charge in [-0.2, -0.15) is 0 Å². The van der Waals surface area contributed by atoms with E-state index >= 15 is 0 Å². The van der Waals surface area contributed by atoms with E-state index in [4.69, 9.17) is 4.74 Å². The second kappa shape index (κ2) is 4.37. The fourth-order valence-corrected chi connectivity index (χ4v) is 2.04. The van der Waals surface area contributed by atoms with Gasteiger partial charge in [0.05, 0.1) is 7.11 Å². The van der Waals surface area contributed by atoms with Crippen molar-refractivity contribution in [1.29, 1.82) is 0 Å². The molecule has 1 aliphatic heterocycles. The van der Waals surface area contributed by atoms with Crippen LogP contribution in [0.15, 0.2) is 24.3 Å². The van der Waals surface area contributed by atoms with E-state index in [0.29, 0.717) is 6.54 Å². The normalized spacial score (nSPS) is 23.0. The summed E-state index contributed by atoms with van der Waals surface area (Å²) in [5, 5.41) is 6.26. The molecule has 4 nitrogen and oxygen atoms in total. The van der Waals surface area contributed by atoms with Crippen LogP contribution in [-0.2, 0) is 4.79 Å². The molecule has 1 aliphatic rings. The molecule has 4 heteroatoms. The largest absolute Gasteiger partial charge is 0.496 e. The Kier molecular flexibility index (Phi) is 3.07. The highest BCUT2D eigenvalue weighted by Crippen LogP contribution is 2.28. The van der Waals surface area contributed by atoms with Gasteiger partial charge < -0.3 is 10.1 Å². The summed E-state index contributed by atoms with van der Waals surface area (Å²) in [5.41, 5.74) is 0.764. The number of amides is 1. The van der Waals surface area contributed by atoms with Crippen LogP contribution < -0.4 is 15.4 Å². The average molecular weight is 234 g/mol. The van der Waals surface area contributed by atoms with Crippen molar-refractivity contribution < 1.29 is 9.53 Å². The molecule has 1 fully saturated rings. The Morgan fingerprint density at radius 2 is 2.06 bits per heavy atom. The summed E-state index contributed by atoms with van der Waals surface area (Å²) in [6, 6.07) is 7.24. The minimum absolute atomic E-state index is 0.00572. The Labute approximate surface area is 101 Å². The minimum atomic E-state index is -0.352. The molecule has 1 aromatic carbocycles. The van der Waals surface area contributed by atoms with Crippen LogP contribution >= 0.6 is 0 Å². The van der Waals surface area contributed by atoms with Crippen molar-refractivity contribution in [3.05, 3.63) is 29.8 Å². The van der Waals surface area contributed by atoms with Crippen LogP contribution in [0.1, 0.15) is 25.5 Å². The first-order valence-electron chi connectivity index (χ1n) is 5.72. The zero-order chi connectivity index (χ0) is 12.5. The molecule has 0 saturated carbocycles. The lowest BCUT2D eigenvalue weighted by Gasteiger charge is -2.37. The van der Waals surface area contributed by atoms with Crippen LogP contribution in [0.4, 0.5) is 0 Å². The molecular weight excluding hydrogens is 216 g/mol. The summed E-state index contributed by atoms with van der Waals surface area (Å²) in [4.78, 5) is 11.9. The van der Waals surface area contributed by atoms with Gasteiger partial charge in [0.15, 0.2) is 0 Å². The second-order valence-electron chi connectivity index (χ2n) is 4.92. The zero-order valence-corrected chi connectivity index (χ0v) is 10.4. The summed E-state index contributed by atoms with van der Waals surface area (Å²) in [5.74, 6) is 0.728. The number of ether oxygens (including phenoxy) is 1. The predicted molar refractivity (Wildman–Crippen MR) is 66.0 cm³/mol. The number of nitrogens with one attached hydrogen (secondary N) is 2. The number of benzene rings is 1. The monoisotopic (exact) mass is 234 g/mol. The van der Waals surface area contributed by atoms with E-state index in [9.17, 15) is 4.79 Å². The van der Waals surface area contributed by atoms with Gasteiger partial charge in [-0.15, -0.1) is 0 Å². The smallest absolute Gasteiger partial charge is 0.241 e. The van der Waals surface area contributed by atoms with Crippen LogP contribution in [-0.4, -0.2) is 25.1 Å². The molecule has 0 aliphatic carbocycles. The van der Waals surface area contributed by atoms with Crippen molar-refractivity contribution in [1.82, 2.24) is 10.6 Å². The number of carbonyl (C=O) groups excluding carboxylic acids is 1. The lowest BCUT2D eigenvalue weighted by molar-refractivity contribution is -0.126. The summed E-state index contributed by atoms with van der Waals surface area (Å²) in [6.07, 6.45) is 0. The molecule has 1 aromatic rings. The van der Waals surface area contributed by atoms with E-state index in [1.165, 1.54) is 0 Å². The topological polar surface area (TPSA) is 50.4 Å². The Morgan fingerprint density at radius 3 is 2.76 bits per heavy atom. The highest BCUT2D eigenvalue weighted by atomic mass is 16.5. The number of carbonyl (C=O) groups is 1. The van der Waals surface area contributed by atoms with Gasteiger partial charge >= 0.3 is 0 Å². The van der Waals surface area contributed by atoms with Crippen molar-refractivity contribution in [2.45, 2.75) is 25.4 Å². The number of hydrogen-bond acceptors (Lipinski definition) is 3. The van der Waals surface area contributed by atoms with Gasteiger partial charge in [-0.25, -0.2) is 0 Å². The van der Waals surface area contributed by atoms with Crippen LogP contribution in [0.2, 0.25) is 0 Å². The molecule has 1 heterocycles. The summed E-state index contributed by atoms with van der Waals surface area (Å²) >= 11 is 0. The maximum atomic E-state index is 11.9. The lowest BCUT2D eigenvalue weighted by atomic mass is 9.95. The quantitative estimate of drug-likeness (QED) is 0.809. The van der Waals surface area contributed by atoms with Gasteiger partial charge in [0.25, 0.3) is 0 Å². The van der Waals surface area contributed by atoms with E-state index in [0.717, 1.165) is 11.3 Å². The Balaban J connectivity index is 2.34. The molecule has 0 radical (unpaired) electrons. The molecule has 17 heavy (non-hydrogen) atoms. The molecule has 0 bridgehead atoms. The van der Waals surface area contributed by atoms with Crippen LogP contribution in [0.3, 0.4) is 0 Å². The van der Waals surface area contributed by atoms with Crippen LogP contribution in [0.25, 0.3) is 0 Å². The van der Waals surface area contributed by atoms with E-state index < -0.39 is 0 Å². The minimum Gasteiger partial charge on any atom is -0.496 e. The maximum Gasteiger partial charge on any atom is 0.241 e. The first-order valence-corrected chi connectivity index (χ1v) is 5.72. The number of rotatable bonds is 2. The third-order valence-corrected chi connectivity index (χ3v) is 2.95. The fourth-order valence-electron chi connectivity index (χ4n) is 2.04. The molecule has 1 unspecified atom stereocenters. The third kappa shape index (κ3) is 2.42. The Morgan fingerprint density at radius 1 is 1.35 bits per heavy atom. The predicted octanol–water partition coefficient (Wildman–Crippen LogP) is 1.23. The van der Waals surface area contributed by atoms with Gasteiger partial charge in [-0.1, -0.05) is 18.2 Å². The maximum absolute atomic E-state index is 11.9. The zero-order valence-electron chi connectivity index (χ0n) is 10.4. The lowest BCUT2D eigenvalue weighted by Crippen LogP contribution is -2.59. The van der Waals surface area contributed by atoms with Crippen molar-refractivity contribution in [3.8, 4) is 5.75 Å². The fraction of sp³-hybridized carbons (Fsp3) is 0.462. The molecule has 1 atom stereocenters. The molecule has 92 valence electrons. The van der Waals surface area contributed by atoms with Gasteiger partial charge in [0.2, 0.25) is 5.91 Å². The molecule has 2 rings (SSSR count). The van der Waals surface area contributed by atoms with Crippen molar-refractivity contribution in [3.63, 3.8) is 0 Å². The Hall–Kier alpha value is -1.55. The van der Waals surface area contributed by atoms with E-state index in [1.54, 1.807) is 7.11 Å². The summed E-state index contributed by atoms with van der Waals surface area (Å²) in [6.45, 7) is 4.77. The van der Waals surface area contributed by atoms with Gasteiger partial charge in [-0.3, -0.25) is 10.1 Å². The standard InChI is InChI=1S/C13H18N2O2/c1-13(2)8-14-12(16)11(15-13)9-6-4-5-7-10(9)17-3/h4-7,11,15H,8H2,1-3H3,(H,14,16). The van der Waals surface area contributed by atoms with Gasteiger partial charge in [0.1, 0.15) is 11.8 Å². The molecule has 1 saturated heterocycles. The van der Waals surface area contributed by atoms with E-state index in [1.807, 2.05) is 24.3 Å². The second-order valence-corrected chi connectivity index (χ2v) is 4.92. The first kappa shape index (κ1) is 11.9. The number of para-hydroxylation sites is 1. The van der Waals surface area contributed by atoms with Crippen LogP contribution in [0, 0.1) is 0 Å². The van der Waals surface area contributed by atoms with Crippen molar-refractivity contribution in [2.24, 2.45) is 0 Å². The summed E-state index contributed by atoms with van der Waals surface area (Å²) in [7, 11) is 1.62. The molecular formula is C13H18N2O2.